The fourth-order valence-electron chi connectivity index (χ4n) is 3.00. The number of guanidine groups is 1. The van der Waals surface area contributed by atoms with E-state index in [1.807, 2.05) is 6.92 Å². The Bertz CT molecular complexity index is 936. The molecule has 10 heteroatoms. The van der Waals surface area contributed by atoms with E-state index in [1.54, 1.807) is 13.1 Å². The SMILES string of the molecule is CCc1nsc(N2CCN(C(=NC)NCC#Cc3cccc(C(F)(F)F)c3)CC2)n1. The van der Waals surface area contributed by atoms with Crippen LogP contribution in [0, 0.1) is 11.8 Å². The van der Waals surface area contributed by atoms with E-state index >= 15 is 0 Å². The Morgan fingerprint density at radius 2 is 2.03 bits per heavy atom. The van der Waals surface area contributed by atoms with Crippen molar-refractivity contribution in [1.29, 1.82) is 0 Å². The van der Waals surface area contributed by atoms with Gasteiger partial charge in [-0.25, -0.2) is 4.98 Å². The van der Waals surface area contributed by atoms with E-state index in [2.05, 4.69) is 41.3 Å². The standard InChI is InChI=1S/C20H23F3N6S/c1-3-17-26-19(30-27-17)29-12-10-28(11-13-29)18(24-2)25-9-5-7-15-6-4-8-16(14-15)20(21,22)23/h4,6,8,14H,3,9-13H2,1-2H3,(H,24,25). The summed E-state index contributed by atoms with van der Waals surface area (Å²) in [7, 11) is 1.70. The van der Waals surface area contributed by atoms with Gasteiger partial charge in [-0.05, 0) is 18.2 Å². The third-order valence-electron chi connectivity index (χ3n) is 4.59. The molecule has 2 aromatic rings. The molecule has 0 unspecified atom stereocenters. The summed E-state index contributed by atoms with van der Waals surface area (Å²) in [6, 6.07) is 5.02. The van der Waals surface area contributed by atoms with Gasteiger partial charge in [0, 0.05) is 56.7 Å². The van der Waals surface area contributed by atoms with Crippen molar-refractivity contribution < 1.29 is 13.2 Å². The molecule has 1 aliphatic rings. The number of rotatable bonds is 3. The molecule has 1 aromatic heterocycles. The monoisotopic (exact) mass is 436 g/mol. The van der Waals surface area contributed by atoms with Crippen LogP contribution in [-0.2, 0) is 12.6 Å². The molecule has 6 nitrogen and oxygen atoms in total. The number of nitrogens with zero attached hydrogens (tertiary/aromatic N) is 5. The van der Waals surface area contributed by atoms with Crippen LogP contribution in [0.4, 0.5) is 18.3 Å². The summed E-state index contributed by atoms with van der Waals surface area (Å²) in [6.45, 7) is 5.52. The molecule has 0 atom stereocenters. The average Bonchev–Trinajstić information content (AvgIpc) is 3.23. The molecule has 1 fully saturated rings. The Labute approximate surface area is 178 Å². The molecular weight excluding hydrogens is 413 g/mol. The smallest absolute Gasteiger partial charge is 0.345 e. The predicted molar refractivity (Wildman–Crippen MR) is 113 cm³/mol. The third kappa shape index (κ3) is 5.63. The van der Waals surface area contributed by atoms with Gasteiger partial charge in [-0.15, -0.1) is 0 Å². The normalized spacial score (nSPS) is 15.0. The van der Waals surface area contributed by atoms with Gasteiger partial charge in [0.2, 0.25) is 5.13 Å². The molecule has 1 aromatic carbocycles. The third-order valence-corrected chi connectivity index (χ3v) is 5.41. The number of aryl methyl sites for hydroxylation is 1. The topological polar surface area (TPSA) is 56.7 Å². The van der Waals surface area contributed by atoms with Gasteiger partial charge in [0.1, 0.15) is 5.82 Å². The van der Waals surface area contributed by atoms with Crippen LogP contribution >= 0.6 is 11.5 Å². The maximum Gasteiger partial charge on any atom is 0.416 e. The summed E-state index contributed by atoms with van der Waals surface area (Å²) in [5, 5.41) is 4.10. The molecule has 160 valence electrons. The van der Waals surface area contributed by atoms with Crippen molar-refractivity contribution in [3.05, 3.63) is 41.2 Å². The second-order valence-corrected chi connectivity index (χ2v) is 7.33. The van der Waals surface area contributed by atoms with Crippen LogP contribution in [0.5, 0.6) is 0 Å². The van der Waals surface area contributed by atoms with Crippen molar-refractivity contribution in [2.75, 3.05) is 44.7 Å². The van der Waals surface area contributed by atoms with Gasteiger partial charge in [0.25, 0.3) is 0 Å². The second-order valence-electron chi connectivity index (χ2n) is 6.60. The lowest BCUT2D eigenvalue weighted by atomic mass is 10.1. The number of halogens is 3. The van der Waals surface area contributed by atoms with Crippen molar-refractivity contribution >= 4 is 22.6 Å². The van der Waals surface area contributed by atoms with E-state index in [1.165, 1.54) is 17.6 Å². The predicted octanol–water partition coefficient (Wildman–Crippen LogP) is 2.87. The second kappa shape index (κ2) is 9.80. The van der Waals surface area contributed by atoms with Gasteiger partial charge in [-0.1, -0.05) is 24.8 Å². The Morgan fingerprint density at radius 3 is 2.67 bits per heavy atom. The van der Waals surface area contributed by atoms with E-state index < -0.39 is 11.7 Å². The number of benzene rings is 1. The number of nitrogens with one attached hydrogen (secondary N) is 1. The minimum absolute atomic E-state index is 0.291. The van der Waals surface area contributed by atoms with Crippen molar-refractivity contribution in [2.24, 2.45) is 4.99 Å². The van der Waals surface area contributed by atoms with E-state index in [0.29, 0.717) is 12.1 Å². The highest BCUT2D eigenvalue weighted by Gasteiger charge is 2.30. The fourth-order valence-corrected chi connectivity index (χ4v) is 3.80. The first kappa shape index (κ1) is 21.9. The highest BCUT2D eigenvalue weighted by Crippen LogP contribution is 2.29. The van der Waals surface area contributed by atoms with Gasteiger partial charge in [-0.3, -0.25) is 4.99 Å². The first-order valence-electron chi connectivity index (χ1n) is 9.60. The maximum atomic E-state index is 12.8. The van der Waals surface area contributed by atoms with Crippen LogP contribution < -0.4 is 10.2 Å². The highest BCUT2D eigenvalue weighted by atomic mass is 32.1. The Balaban J connectivity index is 1.51. The van der Waals surface area contributed by atoms with Crippen LogP contribution in [0.1, 0.15) is 23.9 Å². The summed E-state index contributed by atoms with van der Waals surface area (Å²) in [6.07, 6.45) is -3.54. The molecule has 0 saturated carbocycles. The molecule has 1 saturated heterocycles. The first-order chi connectivity index (χ1) is 14.4. The van der Waals surface area contributed by atoms with Crippen molar-refractivity contribution in [2.45, 2.75) is 19.5 Å². The molecule has 0 spiro atoms. The van der Waals surface area contributed by atoms with Gasteiger partial charge in [0.15, 0.2) is 5.96 Å². The molecule has 0 aliphatic carbocycles. The van der Waals surface area contributed by atoms with E-state index in [0.717, 1.165) is 61.6 Å². The van der Waals surface area contributed by atoms with Gasteiger partial charge < -0.3 is 15.1 Å². The molecule has 2 heterocycles. The minimum Gasteiger partial charge on any atom is -0.345 e. The Hall–Kier alpha value is -2.80. The van der Waals surface area contributed by atoms with Crippen LogP contribution in [0.25, 0.3) is 0 Å². The first-order valence-corrected chi connectivity index (χ1v) is 10.4. The number of aliphatic imine (C=N–C) groups is 1. The molecule has 30 heavy (non-hydrogen) atoms. The average molecular weight is 437 g/mol. The number of anilines is 1. The van der Waals surface area contributed by atoms with Crippen LogP contribution in [0.15, 0.2) is 29.3 Å². The Kier molecular flexibility index (Phi) is 7.15. The number of alkyl halides is 3. The molecular formula is C20H23F3N6S. The van der Waals surface area contributed by atoms with E-state index in [-0.39, 0.29) is 0 Å². The number of hydrogen-bond donors (Lipinski definition) is 1. The lowest BCUT2D eigenvalue weighted by Gasteiger charge is -2.36. The Morgan fingerprint density at radius 1 is 1.27 bits per heavy atom. The lowest BCUT2D eigenvalue weighted by molar-refractivity contribution is -0.137. The summed E-state index contributed by atoms with van der Waals surface area (Å²) in [5.74, 6) is 7.22. The summed E-state index contributed by atoms with van der Waals surface area (Å²) < 4.78 is 42.7. The van der Waals surface area contributed by atoms with Gasteiger partial charge in [-0.2, -0.15) is 17.5 Å². The molecule has 0 bridgehead atoms. The summed E-state index contributed by atoms with van der Waals surface area (Å²) in [4.78, 5) is 13.2. The van der Waals surface area contributed by atoms with Crippen LogP contribution in [0.3, 0.4) is 0 Å². The lowest BCUT2D eigenvalue weighted by Crippen LogP contribution is -2.52. The number of piperazine rings is 1. The molecule has 1 aliphatic heterocycles. The van der Waals surface area contributed by atoms with Gasteiger partial charge >= 0.3 is 6.18 Å². The summed E-state index contributed by atoms with van der Waals surface area (Å²) >= 11 is 1.42. The molecule has 3 rings (SSSR count). The quantitative estimate of drug-likeness (QED) is 0.456. The van der Waals surface area contributed by atoms with Crippen molar-refractivity contribution in [3.63, 3.8) is 0 Å². The van der Waals surface area contributed by atoms with Crippen LogP contribution in [-0.4, -0.2) is 60.0 Å². The minimum atomic E-state index is -4.37. The zero-order valence-electron chi connectivity index (χ0n) is 16.8. The molecule has 0 amide bonds. The van der Waals surface area contributed by atoms with Crippen molar-refractivity contribution in [1.82, 2.24) is 19.6 Å². The number of aromatic nitrogens is 2. The van der Waals surface area contributed by atoms with E-state index in [9.17, 15) is 13.2 Å². The molecule has 1 N–H and O–H groups in total. The molecule has 0 radical (unpaired) electrons. The zero-order valence-corrected chi connectivity index (χ0v) is 17.6. The fraction of sp³-hybridized carbons (Fsp3) is 0.450. The van der Waals surface area contributed by atoms with Crippen LogP contribution in [0.2, 0.25) is 0 Å². The summed E-state index contributed by atoms with van der Waals surface area (Å²) in [5.41, 5.74) is -0.365. The zero-order chi connectivity index (χ0) is 21.6. The van der Waals surface area contributed by atoms with Crippen molar-refractivity contribution in [3.8, 4) is 11.8 Å². The highest BCUT2D eigenvalue weighted by molar-refractivity contribution is 7.09. The maximum absolute atomic E-state index is 12.8. The van der Waals surface area contributed by atoms with Gasteiger partial charge in [0.05, 0.1) is 12.1 Å². The van der Waals surface area contributed by atoms with E-state index in [4.69, 9.17) is 0 Å². The number of hydrogen-bond acceptors (Lipinski definition) is 5. The largest absolute Gasteiger partial charge is 0.416 e.